The zero-order chi connectivity index (χ0) is 5.28. The van der Waals surface area contributed by atoms with Gasteiger partial charge in [-0.1, -0.05) is 11.6 Å². The lowest BCUT2D eigenvalue weighted by atomic mass is 10.6. The van der Waals surface area contributed by atoms with Crippen molar-refractivity contribution in [3.8, 4) is 0 Å². The SMILES string of the molecule is Fc1cc[nH]c1Cl. The van der Waals surface area contributed by atoms with Crippen molar-refractivity contribution in [1.29, 1.82) is 0 Å². The minimum Gasteiger partial charge on any atom is -0.350 e. The number of halogens is 2. The second-order valence-corrected chi connectivity index (χ2v) is 1.52. The maximum absolute atomic E-state index is 11.9. The molecule has 1 rings (SSSR count). The van der Waals surface area contributed by atoms with Crippen molar-refractivity contribution in [2.75, 3.05) is 0 Å². The van der Waals surface area contributed by atoms with E-state index in [1.807, 2.05) is 0 Å². The molecule has 0 aliphatic rings. The van der Waals surface area contributed by atoms with Gasteiger partial charge in [0.15, 0.2) is 5.82 Å². The maximum Gasteiger partial charge on any atom is 0.159 e. The lowest BCUT2D eigenvalue weighted by molar-refractivity contribution is 0.630. The summed E-state index contributed by atoms with van der Waals surface area (Å²) in [7, 11) is 0. The lowest BCUT2D eigenvalue weighted by Crippen LogP contribution is -1.61. The molecule has 1 heterocycles. The normalized spacial score (nSPS) is 9.43. The van der Waals surface area contributed by atoms with Crippen LogP contribution in [-0.2, 0) is 0 Å². The van der Waals surface area contributed by atoms with Gasteiger partial charge in [-0.15, -0.1) is 0 Å². The Morgan fingerprint density at radius 3 is 2.57 bits per heavy atom. The number of aromatic amines is 1. The van der Waals surface area contributed by atoms with E-state index in [4.69, 9.17) is 11.6 Å². The van der Waals surface area contributed by atoms with Crippen LogP contribution in [0, 0.1) is 5.82 Å². The minimum absolute atomic E-state index is 0.0694. The topological polar surface area (TPSA) is 15.8 Å². The molecule has 1 nitrogen and oxygen atoms in total. The summed E-state index contributed by atoms with van der Waals surface area (Å²) in [6, 6.07) is 1.27. The Balaban J connectivity index is 3.12. The highest BCUT2D eigenvalue weighted by atomic mass is 35.5. The minimum atomic E-state index is -0.401. The molecule has 0 aromatic carbocycles. The Bertz CT molecular complexity index is 144. The maximum atomic E-state index is 11.9. The van der Waals surface area contributed by atoms with Crippen LogP contribution in [0.25, 0.3) is 0 Å². The fourth-order valence-electron chi connectivity index (χ4n) is 0.330. The van der Waals surface area contributed by atoms with Crippen LogP contribution < -0.4 is 0 Å². The van der Waals surface area contributed by atoms with E-state index in [-0.39, 0.29) is 5.15 Å². The average Bonchev–Trinajstić information content (AvgIpc) is 1.91. The summed E-state index contributed by atoms with van der Waals surface area (Å²) in [6.07, 6.45) is 1.44. The summed E-state index contributed by atoms with van der Waals surface area (Å²) in [4.78, 5) is 2.46. The van der Waals surface area contributed by atoms with Crippen molar-refractivity contribution in [3.05, 3.63) is 23.2 Å². The van der Waals surface area contributed by atoms with Gasteiger partial charge >= 0.3 is 0 Å². The first-order valence-corrected chi connectivity index (χ1v) is 2.17. The van der Waals surface area contributed by atoms with Gasteiger partial charge in [-0.05, 0) is 6.07 Å². The average molecular weight is 120 g/mol. The van der Waals surface area contributed by atoms with E-state index in [1.54, 1.807) is 0 Å². The molecule has 0 bridgehead atoms. The Morgan fingerprint density at radius 1 is 1.71 bits per heavy atom. The van der Waals surface area contributed by atoms with Gasteiger partial charge in [-0.25, -0.2) is 4.39 Å². The fraction of sp³-hybridized carbons (Fsp3) is 0. The smallest absolute Gasteiger partial charge is 0.159 e. The molecule has 0 fully saturated rings. The molecule has 1 aromatic heterocycles. The summed E-state index contributed by atoms with van der Waals surface area (Å²) in [5.74, 6) is -0.401. The second-order valence-electron chi connectivity index (χ2n) is 1.14. The molecular formula is C4H3ClFN. The van der Waals surface area contributed by atoms with Crippen LogP contribution >= 0.6 is 11.6 Å². The van der Waals surface area contributed by atoms with E-state index < -0.39 is 5.82 Å². The van der Waals surface area contributed by atoms with Gasteiger partial charge in [-0.3, -0.25) is 0 Å². The molecule has 0 aliphatic heterocycles. The molecule has 1 aromatic rings. The first-order valence-electron chi connectivity index (χ1n) is 1.79. The molecule has 1 N–H and O–H groups in total. The third-order valence-electron chi connectivity index (χ3n) is 0.649. The number of nitrogens with one attached hydrogen (secondary N) is 1. The Morgan fingerprint density at radius 2 is 2.43 bits per heavy atom. The standard InChI is InChI=1S/C4H3ClFN/c5-4-3(6)1-2-7-4/h1-2,7H. The van der Waals surface area contributed by atoms with E-state index in [9.17, 15) is 4.39 Å². The Kier molecular flexibility index (Phi) is 1.02. The molecule has 0 saturated heterocycles. The van der Waals surface area contributed by atoms with Crippen molar-refractivity contribution >= 4 is 11.6 Å². The molecule has 3 heteroatoms. The Hall–Kier alpha value is -0.500. The van der Waals surface area contributed by atoms with Gasteiger partial charge < -0.3 is 4.98 Å². The van der Waals surface area contributed by atoms with Crippen LogP contribution in [0.2, 0.25) is 5.15 Å². The van der Waals surface area contributed by atoms with E-state index >= 15 is 0 Å². The molecule has 7 heavy (non-hydrogen) atoms. The van der Waals surface area contributed by atoms with Crippen molar-refractivity contribution in [3.63, 3.8) is 0 Å². The number of H-pyrrole nitrogens is 1. The highest BCUT2D eigenvalue weighted by molar-refractivity contribution is 6.29. The van der Waals surface area contributed by atoms with Gasteiger partial charge in [0.2, 0.25) is 0 Å². The van der Waals surface area contributed by atoms with E-state index in [0.29, 0.717) is 0 Å². The highest BCUT2D eigenvalue weighted by Crippen LogP contribution is 2.08. The molecule has 0 aliphatic carbocycles. The summed E-state index contributed by atoms with van der Waals surface area (Å²) in [5.41, 5.74) is 0. The van der Waals surface area contributed by atoms with Crippen LogP contribution in [0.3, 0.4) is 0 Å². The number of rotatable bonds is 0. The van der Waals surface area contributed by atoms with Gasteiger partial charge in [0.1, 0.15) is 5.15 Å². The summed E-state index contributed by atoms with van der Waals surface area (Å²) in [5, 5.41) is 0.0694. The number of aromatic nitrogens is 1. The molecular weight excluding hydrogens is 117 g/mol. The van der Waals surface area contributed by atoms with Gasteiger partial charge in [0.25, 0.3) is 0 Å². The molecule has 0 radical (unpaired) electrons. The third-order valence-corrected chi connectivity index (χ3v) is 0.939. The van der Waals surface area contributed by atoms with Crippen molar-refractivity contribution in [2.45, 2.75) is 0 Å². The highest BCUT2D eigenvalue weighted by Gasteiger charge is 1.93. The zero-order valence-electron chi connectivity index (χ0n) is 3.41. The van der Waals surface area contributed by atoms with Crippen molar-refractivity contribution in [1.82, 2.24) is 4.98 Å². The van der Waals surface area contributed by atoms with Crippen LogP contribution in [0.4, 0.5) is 4.39 Å². The van der Waals surface area contributed by atoms with Crippen molar-refractivity contribution < 1.29 is 4.39 Å². The summed E-state index contributed by atoms with van der Waals surface area (Å²) >= 11 is 5.19. The third kappa shape index (κ3) is 0.747. The molecule has 0 atom stereocenters. The van der Waals surface area contributed by atoms with Crippen molar-refractivity contribution in [2.24, 2.45) is 0 Å². The number of hydrogen-bond donors (Lipinski definition) is 1. The van der Waals surface area contributed by atoms with Gasteiger partial charge in [0, 0.05) is 6.20 Å². The quantitative estimate of drug-likeness (QED) is 0.536. The molecule has 0 amide bonds. The molecule has 0 saturated carbocycles. The van der Waals surface area contributed by atoms with Crippen LogP contribution in [-0.4, -0.2) is 4.98 Å². The van der Waals surface area contributed by atoms with Gasteiger partial charge in [-0.2, -0.15) is 0 Å². The van der Waals surface area contributed by atoms with E-state index in [2.05, 4.69) is 4.98 Å². The molecule has 0 unspecified atom stereocenters. The first kappa shape index (κ1) is 4.65. The predicted molar refractivity (Wildman–Crippen MR) is 25.8 cm³/mol. The lowest BCUT2D eigenvalue weighted by Gasteiger charge is -1.73. The first-order chi connectivity index (χ1) is 3.30. The molecule has 38 valence electrons. The summed E-state index contributed by atoms with van der Waals surface area (Å²) in [6.45, 7) is 0. The van der Waals surface area contributed by atoms with E-state index in [1.165, 1.54) is 12.3 Å². The largest absolute Gasteiger partial charge is 0.350 e. The molecule has 0 spiro atoms. The Labute approximate surface area is 45.1 Å². The zero-order valence-corrected chi connectivity index (χ0v) is 4.17. The van der Waals surface area contributed by atoms with Crippen LogP contribution in [0.15, 0.2) is 12.3 Å². The second kappa shape index (κ2) is 1.54. The van der Waals surface area contributed by atoms with E-state index in [0.717, 1.165) is 0 Å². The summed E-state index contributed by atoms with van der Waals surface area (Å²) < 4.78 is 11.9. The van der Waals surface area contributed by atoms with Crippen LogP contribution in [0.5, 0.6) is 0 Å². The van der Waals surface area contributed by atoms with Crippen LogP contribution in [0.1, 0.15) is 0 Å². The van der Waals surface area contributed by atoms with Gasteiger partial charge in [0.05, 0.1) is 0 Å². The predicted octanol–water partition coefficient (Wildman–Crippen LogP) is 1.81. The monoisotopic (exact) mass is 119 g/mol. The number of hydrogen-bond acceptors (Lipinski definition) is 0. The fourth-order valence-corrected chi connectivity index (χ4v) is 0.456.